The van der Waals surface area contributed by atoms with Crippen LogP contribution in [0.1, 0.15) is 57.8 Å². The fourth-order valence-electron chi connectivity index (χ4n) is 3.91. The van der Waals surface area contributed by atoms with Gasteiger partial charge in [-0.2, -0.15) is 0 Å². The van der Waals surface area contributed by atoms with Crippen LogP contribution >= 0.6 is 0 Å². The SMILES string of the molecule is CN=C(NCCCCC1CCCC1)NC1CCN(CC(F)F)CC1. The summed E-state index contributed by atoms with van der Waals surface area (Å²) in [5.41, 5.74) is 0. The predicted octanol–water partition coefficient (Wildman–Crippen LogP) is 3.24. The van der Waals surface area contributed by atoms with Crippen molar-refractivity contribution in [1.82, 2.24) is 15.5 Å². The summed E-state index contributed by atoms with van der Waals surface area (Å²) in [7, 11) is 1.79. The lowest BCUT2D eigenvalue weighted by Gasteiger charge is -2.32. The first-order valence-electron chi connectivity index (χ1n) is 9.65. The molecule has 0 unspecified atom stereocenters. The van der Waals surface area contributed by atoms with Gasteiger partial charge in [-0.1, -0.05) is 38.5 Å². The summed E-state index contributed by atoms with van der Waals surface area (Å²) < 4.78 is 24.8. The van der Waals surface area contributed by atoms with Gasteiger partial charge in [0, 0.05) is 32.7 Å². The second-order valence-electron chi connectivity index (χ2n) is 7.26. The van der Waals surface area contributed by atoms with Crippen LogP contribution in [0.25, 0.3) is 0 Å². The van der Waals surface area contributed by atoms with Gasteiger partial charge in [-0.3, -0.25) is 9.89 Å². The van der Waals surface area contributed by atoms with Crippen LogP contribution < -0.4 is 10.6 Å². The summed E-state index contributed by atoms with van der Waals surface area (Å²) >= 11 is 0. The first kappa shape index (κ1) is 19.4. The molecular formula is C18H34F2N4. The number of alkyl halides is 2. The Morgan fingerprint density at radius 3 is 2.46 bits per heavy atom. The average Bonchev–Trinajstić information content (AvgIpc) is 3.08. The molecule has 0 aromatic rings. The van der Waals surface area contributed by atoms with E-state index < -0.39 is 6.43 Å². The van der Waals surface area contributed by atoms with Crippen molar-refractivity contribution in [3.63, 3.8) is 0 Å². The van der Waals surface area contributed by atoms with Gasteiger partial charge < -0.3 is 10.6 Å². The van der Waals surface area contributed by atoms with Crippen LogP contribution in [0.5, 0.6) is 0 Å². The molecule has 0 spiro atoms. The lowest BCUT2D eigenvalue weighted by molar-refractivity contribution is 0.0744. The average molecular weight is 344 g/mol. The van der Waals surface area contributed by atoms with E-state index in [4.69, 9.17) is 0 Å². The summed E-state index contributed by atoms with van der Waals surface area (Å²) in [6.07, 6.45) is 9.13. The van der Waals surface area contributed by atoms with E-state index in [0.29, 0.717) is 6.04 Å². The third-order valence-electron chi connectivity index (χ3n) is 5.35. The highest BCUT2D eigenvalue weighted by atomic mass is 19.3. The Kier molecular flexibility index (Phi) is 8.78. The number of hydrogen-bond acceptors (Lipinski definition) is 2. The van der Waals surface area contributed by atoms with E-state index in [9.17, 15) is 8.78 Å². The molecule has 2 aliphatic rings. The molecule has 6 heteroatoms. The smallest absolute Gasteiger partial charge is 0.251 e. The van der Waals surface area contributed by atoms with Gasteiger partial charge >= 0.3 is 0 Å². The van der Waals surface area contributed by atoms with E-state index in [1.165, 1.54) is 44.9 Å². The van der Waals surface area contributed by atoms with Gasteiger partial charge in [-0.15, -0.1) is 0 Å². The summed E-state index contributed by atoms with van der Waals surface area (Å²) in [6.45, 7) is 2.33. The van der Waals surface area contributed by atoms with E-state index in [2.05, 4.69) is 15.6 Å². The number of nitrogens with one attached hydrogen (secondary N) is 2. The molecule has 1 aliphatic heterocycles. The monoisotopic (exact) mass is 344 g/mol. The highest BCUT2D eigenvalue weighted by Crippen LogP contribution is 2.28. The molecule has 0 radical (unpaired) electrons. The summed E-state index contributed by atoms with van der Waals surface area (Å²) in [5.74, 6) is 1.82. The van der Waals surface area contributed by atoms with Gasteiger partial charge in [0.15, 0.2) is 5.96 Å². The molecule has 0 aromatic heterocycles. The lowest BCUT2D eigenvalue weighted by atomic mass is 10.0. The molecule has 1 heterocycles. The minimum absolute atomic E-state index is 0.0965. The number of likely N-dealkylation sites (tertiary alicyclic amines) is 1. The number of rotatable bonds is 8. The van der Waals surface area contributed by atoms with Crippen LogP contribution in [-0.4, -0.2) is 56.6 Å². The maximum absolute atomic E-state index is 12.4. The van der Waals surface area contributed by atoms with E-state index in [1.807, 2.05) is 4.90 Å². The van der Waals surface area contributed by atoms with Crippen LogP contribution in [-0.2, 0) is 0 Å². The van der Waals surface area contributed by atoms with Crippen molar-refractivity contribution in [2.45, 2.75) is 70.3 Å². The number of halogens is 2. The minimum atomic E-state index is -2.23. The second-order valence-corrected chi connectivity index (χ2v) is 7.26. The van der Waals surface area contributed by atoms with Gasteiger partial charge in [0.2, 0.25) is 0 Å². The summed E-state index contributed by atoms with van der Waals surface area (Å²) in [4.78, 5) is 6.13. The van der Waals surface area contributed by atoms with Crippen molar-refractivity contribution in [2.24, 2.45) is 10.9 Å². The molecule has 1 aliphatic carbocycles. The number of hydrogen-bond donors (Lipinski definition) is 2. The Bertz CT molecular complexity index is 362. The first-order valence-corrected chi connectivity index (χ1v) is 9.65. The highest BCUT2D eigenvalue weighted by molar-refractivity contribution is 5.79. The zero-order chi connectivity index (χ0) is 17.2. The number of unbranched alkanes of at least 4 members (excludes halogenated alkanes) is 1. The highest BCUT2D eigenvalue weighted by Gasteiger charge is 2.21. The van der Waals surface area contributed by atoms with Crippen LogP contribution in [0.4, 0.5) is 8.78 Å². The fraction of sp³-hybridized carbons (Fsp3) is 0.944. The molecule has 1 saturated heterocycles. The third kappa shape index (κ3) is 7.32. The van der Waals surface area contributed by atoms with Crippen LogP contribution in [0.15, 0.2) is 4.99 Å². The van der Waals surface area contributed by atoms with Crippen LogP contribution in [0.3, 0.4) is 0 Å². The third-order valence-corrected chi connectivity index (χ3v) is 5.35. The van der Waals surface area contributed by atoms with Crippen LogP contribution in [0, 0.1) is 5.92 Å². The maximum Gasteiger partial charge on any atom is 0.251 e. The van der Waals surface area contributed by atoms with Crippen molar-refractivity contribution in [1.29, 1.82) is 0 Å². The predicted molar refractivity (Wildman–Crippen MR) is 95.8 cm³/mol. The number of piperidine rings is 1. The molecule has 2 rings (SSSR count). The maximum atomic E-state index is 12.4. The van der Waals surface area contributed by atoms with Crippen molar-refractivity contribution >= 4 is 5.96 Å². The molecule has 2 fully saturated rings. The first-order chi connectivity index (χ1) is 11.7. The van der Waals surface area contributed by atoms with E-state index in [0.717, 1.165) is 44.4 Å². The van der Waals surface area contributed by atoms with E-state index in [1.54, 1.807) is 7.05 Å². The normalized spacial score (nSPS) is 21.6. The van der Waals surface area contributed by atoms with Gasteiger partial charge in [-0.25, -0.2) is 8.78 Å². The van der Waals surface area contributed by atoms with Crippen molar-refractivity contribution < 1.29 is 8.78 Å². The zero-order valence-electron chi connectivity index (χ0n) is 15.1. The lowest BCUT2D eigenvalue weighted by Crippen LogP contribution is -2.49. The van der Waals surface area contributed by atoms with Crippen molar-refractivity contribution in [3.05, 3.63) is 0 Å². The molecule has 24 heavy (non-hydrogen) atoms. The van der Waals surface area contributed by atoms with Crippen molar-refractivity contribution in [2.75, 3.05) is 33.2 Å². The Morgan fingerprint density at radius 1 is 1.12 bits per heavy atom. The van der Waals surface area contributed by atoms with E-state index in [-0.39, 0.29) is 6.54 Å². The van der Waals surface area contributed by atoms with Gasteiger partial charge in [0.05, 0.1) is 6.54 Å². The molecule has 0 amide bonds. The van der Waals surface area contributed by atoms with E-state index >= 15 is 0 Å². The number of nitrogens with zero attached hydrogens (tertiary/aromatic N) is 2. The van der Waals surface area contributed by atoms with Gasteiger partial charge in [0.25, 0.3) is 6.43 Å². The molecular weight excluding hydrogens is 310 g/mol. The standard InChI is InChI=1S/C18H34F2N4/c1-21-18(22-11-5-4-8-15-6-2-3-7-15)23-16-9-12-24(13-10-16)14-17(19)20/h15-17H,2-14H2,1H3,(H2,21,22,23). The number of guanidine groups is 1. The minimum Gasteiger partial charge on any atom is -0.356 e. The largest absolute Gasteiger partial charge is 0.356 e. The Labute approximate surface area is 145 Å². The van der Waals surface area contributed by atoms with Crippen LogP contribution in [0.2, 0.25) is 0 Å². The molecule has 140 valence electrons. The Balaban J connectivity index is 1.54. The van der Waals surface area contributed by atoms with Crippen molar-refractivity contribution in [3.8, 4) is 0 Å². The molecule has 1 saturated carbocycles. The molecule has 2 N–H and O–H groups in total. The molecule has 0 atom stereocenters. The Hall–Kier alpha value is -0.910. The Morgan fingerprint density at radius 2 is 1.83 bits per heavy atom. The summed E-state index contributed by atoms with van der Waals surface area (Å²) in [6, 6.07) is 0.337. The topological polar surface area (TPSA) is 39.7 Å². The number of aliphatic imine (C=N–C) groups is 1. The fourth-order valence-corrected chi connectivity index (χ4v) is 3.91. The van der Waals surface area contributed by atoms with Gasteiger partial charge in [0.1, 0.15) is 0 Å². The van der Waals surface area contributed by atoms with Gasteiger partial charge in [-0.05, 0) is 25.2 Å². The summed E-state index contributed by atoms with van der Waals surface area (Å²) in [5, 5.41) is 6.83. The second kappa shape index (κ2) is 10.9. The molecule has 4 nitrogen and oxygen atoms in total. The zero-order valence-corrected chi connectivity index (χ0v) is 15.1. The molecule has 0 aromatic carbocycles. The quantitative estimate of drug-likeness (QED) is 0.403. The molecule has 0 bridgehead atoms.